The van der Waals surface area contributed by atoms with Gasteiger partial charge in [0, 0.05) is 5.70 Å². The number of hydrogen-bond acceptors (Lipinski definition) is 1. The molecule has 0 saturated carbocycles. The largest absolute Gasteiger partial charge is 0.289 e. The number of rotatable bonds is 3. The van der Waals surface area contributed by atoms with E-state index in [9.17, 15) is 4.21 Å². The molecule has 3 nitrogen and oxygen atoms in total. The molecule has 0 amide bonds. The van der Waals surface area contributed by atoms with Gasteiger partial charge in [0.1, 0.15) is 0 Å². The van der Waals surface area contributed by atoms with Crippen LogP contribution in [0.15, 0.2) is 24.4 Å². The molecule has 1 unspecified atom stereocenters. The Kier molecular flexibility index (Phi) is 4.00. The molecule has 0 heterocycles. The second-order valence-corrected chi connectivity index (χ2v) is 2.14. The summed E-state index contributed by atoms with van der Waals surface area (Å²) < 4.78 is 20.5. The summed E-state index contributed by atoms with van der Waals surface area (Å²) in [6.07, 6.45) is 3.14. The summed E-state index contributed by atoms with van der Waals surface area (Å²) in [5.74, 6) is 0. The molecule has 0 aliphatic rings. The van der Waals surface area contributed by atoms with Crippen molar-refractivity contribution in [3.05, 3.63) is 24.4 Å². The van der Waals surface area contributed by atoms with Gasteiger partial charge in [-0.05, 0) is 13.0 Å². The first-order valence-electron chi connectivity index (χ1n) is 2.33. The van der Waals surface area contributed by atoms with Crippen LogP contribution in [0.3, 0.4) is 0 Å². The van der Waals surface area contributed by atoms with Crippen molar-refractivity contribution in [2.45, 2.75) is 6.92 Å². The zero-order chi connectivity index (χ0) is 7.28. The van der Waals surface area contributed by atoms with E-state index in [1.807, 2.05) is 0 Å². The second-order valence-electron chi connectivity index (χ2n) is 1.44. The summed E-state index contributed by atoms with van der Waals surface area (Å²) in [5.41, 5.74) is 0.617. The second kappa shape index (κ2) is 4.29. The molecule has 0 aromatic rings. The van der Waals surface area contributed by atoms with Crippen LogP contribution in [0.5, 0.6) is 0 Å². The van der Waals surface area contributed by atoms with Crippen LogP contribution in [0.4, 0.5) is 0 Å². The van der Waals surface area contributed by atoms with Crippen molar-refractivity contribution >= 4 is 11.3 Å². The maximum absolute atomic E-state index is 10.0. The number of hydrogen-bond donors (Lipinski definition) is 2. The Hall–Kier alpha value is -0.610. The first-order valence-corrected chi connectivity index (χ1v) is 3.44. The Morgan fingerprint density at radius 1 is 1.89 bits per heavy atom. The van der Waals surface area contributed by atoms with Crippen LogP contribution in [-0.2, 0) is 11.3 Å². The summed E-state index contributed by atoms with van der Waals surface area (Å²) in [4.78, 5) is 0. The highest BCUT2D eigenvalue weighted by atomic mass is 32.2. The molecule has 0 radical (unpaired) electrons. The van der Waals surface area contributed by atoms with Crippen molar-refractivity contribution in [3.63, 3.8) is 0 Å². The van der Waals surface area contributed by atoms with Gasteiger partial charge in [-0.25, -0.2) is 4.21 Å². The molecule has 0 bridgehead atoms. The lowest BCUT2D eigenvalue weighted by atomic mass is 10.4. The smallest absolute Gasteiger partial charge is 0.258 e. The monoisotopic (exact) mass is 147 g/mol. The molecule has 52 valence electrons. The fraction of sp³-hybridized carbons (Fsp3) is 0.200. The summed E-state index contributed by atoms with van der Waals surface area (Å²) >= 11 is -1.96. The quantitative estimate of drug-likeness (QED) is 0.458. The highest BCUT2D eigenvalue weighted by molar-refractivity contribution is 7.77. The SMILES string of the molecule is C=C/C=C(\C)NS(=O)O. The molecule has 2 N–H and O–H groups in total. The third-order valence-electron chi connectivity index (χ3n) is 0.616. The van der Waals surface area contributed by atoms with Crippen LogP contribution in [-0.4, -0.2) is 8.76 Å². The van der Waals surface area contributed by atoms with Gasteiger partial charge in [0.25, 0.3) is 11.3 Å². The van der Waals surface area contributed by atoms with E-state index in [4.69, 9.17) is 4.55 Å². The van der Waals surface area contributed by atoms with Crippen molar-refractivity contribution in [2.24, 2.45) is 0 Å². The number of allylic oxidation sites excluding steroid dienone is 3. The zero-order valence-corrected chi connectivity index (χ0v) is 5.94. The fourth-order valence-corrected chi connectivity index (χ4v) is 0.692. The van der Waals surface area contributed by atoms with Crippen LogP contribution in [0, 0.1) is 0 Å². The molecular formula is C5H9NO2S. The molecule has 0 aliphatic heterocycles. The zero-order valence-electron chi connectivity index (χ0n) is 5.13. The predicted octanol–water partition coefficient (Wildman–Crippen LogP) is 0.802. The van der Waals surface area contributed by atoms with Crippen LogP contribution < -0.4 is 4.72 Å². The van der Waals surface area contributed by atoms with Crippen molar-refractivity contribution in [2.75, 3.05) is 0 Å². The highest BCUT2D eigenvalue weighted by Crippen LogP contribution is 1.85. The molecule has 0 aromatic heterocycles. The molecule has 4 heteroatoms. The highest BCUT2D eigenvalue weighted by Gasteiger charge is 1.88. The first kappa shape index (κ1) is 8.39. The van der Waals surface area contributed by atoms with Gasteiger partial charge in [0.2, 0.25) is 0 Å². The Morgan fingerprint density at radius 2 is 2.44 bits per heavy atom. The van der Waals surface area contributed by atoms with E-state index in [1.165, 1.54) is 6.08 Å². The Labute approximate surface area is 56.9 Å². The Morgan fingerprint density at radius 3 is 2.78 bits per heavy atom. The molecule has 0 saturated heterocycles. The average molecular weight is 147 g/mol. The Balaban J connectivity index is 3.75. The molecule has 0 rings (SSSR count). The minimum absolute atomic E-state index is 0.617. The van der Waals surface area contributed by atoms with Crippen LogP contribution in [0.2, 0.25) is 0 Å². The van der Waals surface area contributed by atoms with Gasteiger partial charge in [-0.1, -0.05) is 12.7 Å². The maximum atomic E-state index is 10.0. The molecule has 0 spiro atoms. The van der Waals surface area contributed by atoms with E-state index in [0.717, 1.165) is 0 Å². The number of nitrogens with one attached hydrogen (secondary N) is 1. The van der Waals surface area contributed by atoms with E-state index in [1.54, 1.807) is 13.0 Å². The third-order valence-corrected chi connectivity index (χ3v) is 1.11. The van der Waals surface area contributed by atoms with E-state index in [0.29, 0.717) is 5.70 Å². The summed E-state index contributed by atoms with van der Waals surface area (Å²) in [7, 11) is 0. The molecule has 0 aromatic carbocycles. The van der Waals surface area contributed by atoms with Gasteiger partial charge in [0.15, 0.2) is 0 Å². The fourth-order valence-electron chi connectivity index (χ4n) is 0.349. The third kappa shape index (κ3) is 5.26. The van der Waals surface area contributed by atoms with Gasteiger partial charge in [-0.15, -0.1) is 0 Å². The van der Waals surface area contributed by atoms with Gasteiger partial charge in [-0.2, -0.15) is 0 Å². The summed E-state index contributed by atoms with van der Waals surface area (Å²) in [5, 5.41) is 0. The van der Waals surface area contributed by atoms with Gasteiger partial charge in [-0.3, -0.25) is 9.27 Å². The van der Waals surface area contributed by atoms with Crippen molar-refractivity contribution < 1.29 is 8.76 Å². The predicted molar refractivity (Wildman–Crippen MR) is 37.9 cm³/mol. The molecule has 0 fully saturated rings. The van der Waals surface area contributed by atoms with Crippen molar-refractivity contribution in [3.8, 4) is 0 Å². The van der Waals surface area contributed by atoms with Gasteiger partial charge < -0.3 is 0 Å². The minimum atomic E-state index is -1.96. The van der Waals surface area contributed by atoms with Gasteiger partial charge in [0.05, 0.1) is 0 Å². The van der Waals surface area contributed by atoms with Crippen LogP contribution >= 0.6 is 0 Å². The minimum Gasteiger partial charge on any atom is -0.289 e. The topological polar surface area (TPSA) is 49.3 Å². The van der Waals surface area contributed by atoms with E-state index < -0.39 is 11.3 Å². The van der Waals surface area contributed by atoms with E-state index in [-0.39, 0.29) is 0 Å². The van der Waals surface area contributed by atoms with Gasteiger partial charge >= 0.3 is 0 Å². The molecular weight excluding hydrogens is 138 g/mol. The lowest BCUT2D eigenvalue weighted by molar-refractivity contribution is 0.556. The average Bonchev–Trinajstić information content (AvgIpc) is 1.63. The summed E-state index contributed by atoms with van der Waals surface area (Å²) in [6.45, 7) is 5.09. The lowest BCUT2D eigenvalue weighted by Gasteiger charge is -1.96. The molecule has 0 aliphatic carbocycles. The van der Waals surface area contributed by atoms with Crippen molar-refractivity contribution in [1.29, 1.82) is 0 Å². The van der Waals surface area contributed by atoms with Crippen LogP contribution in [0.1, 0.15) is 6.92 Å². The normalized spacial score (nSPS) is 14.7. The lowest BCUT2D eigenvalue weighted by Crippen LogP contribution is -2.12. The van der Waals surface area contributed by atoms with E-state index in [2.05, 4.69) is 11.3 Å². The summed E-state index contributed by atoms with van der Waals surface area (Å²) in [6, 6.07) is 0. The van der Waals surface area contributed by atoms with Crippen LogP contribution in [0.25, 0.3) is 0 Å². The molecule has 1 atom stereocenters. The standard InChI is InChI=1S/C5H9NO2S/c1-3-4-5(2)6-9(7)8/h3-4,6H,1H2,2H3,(H,7,8)/b5-4+. The van der Waals surface area contributed by atoms with Crippen molar-refractivity contribution in [1.82, 2.24) is 4.72 Å². The van der Waals surface area contributed by atoms with E-state index >= 15 is 0 Å². The maximum Gasteiger partial charge on any atom is 0.258 e. The Bertz CT molecular complexity index is 153. The first-order chi connectivity index (χ1) is 4.16. The molecule has 9 heavy (non-hydrogen) atoms.